The number of fused-ring (bicyclic) bond motifs is 1. The molecule has 0 atom stereocenters. The van der Waals surface area contributed by atoms with E-state index in [1.165, 1.54) is 10.2 Å². The molecule has 0 amide bonds. The first kappa shape index (κ1) is 20.5. The van der Waals surface area contributed by atoms with Crippen LogP contribution in [0.25, 0.3) is 5.65 Å². The van der Waals surface area contributed by atoms with Gasteiger partial charge in [-0.15, -0.1) is 5.10 Å². The third kappa shape index (κ3) is 4.54. The number of hydrogen-bond donors (Lipinski definition) is 0. The zero-order chi connectivity index (χ0) is 21.1. The summed E-state index contributed by atoms with van der Waals surface area (Å²) in [5, 5.41) is 4.39. The Bertz CT molecular complexity index is 1060. The van der Waals surface area contributed by atoms with Crippen molar-refractivity contribution in [3.63, 3.8) is 0 Å². The van der Waals surface area contributed by atoms with Crippen LogP contribution in [0.1, 0.15) is 42.6 Å². The third-order valence-corrected chi connectivity index (χ3v) is 5.96. The van der Waals surface area contributed by atoms with Crippen LogP contribution in [0, 0.1) is 11.8 Å². The Labute approximate surface area is 177 Å². The Kier molecular flexibility index (Phi) is 6.13. The number of pyridine rings is 1. The van der Waals surface area contributed by atoms with Crippen LogP contribution in [-0.2, 0) is 13.0 Å². The number of hydrogen-bond acceptors (Lipinski definition) is 4. The van der Waals surface area contributed by atoms with Gasteiger partial charge in [-0.1, -0.05) is 44.2 Å². The van der Waals surface area contributed by atoms with E-state index in [0.29, 0.717) is 18.1 Å². The predicted octanol–water partition coefficient (Wildman–Crippen LogP) is 3.29. The van der Waals surface area contributed by atoms with Crippen molar-refractivity contribution < 1.29 is 4.79 Å². The highest BCUT2D eigenvalue weighted by Crippen LogP contribution is 2.22. The fourth-order valence-electron chi connectivity index (χ4n) is 4.28. The molecule has 0 N–H and O–H groups in total. The number of likely N-dealkylation sites (tertiary alicyclic amines) is 1. The van der Waals surface area contributed by atoms with Gasteiger partial charge >= 0.3 is 5.69 Å². The van der Waals surface area contributed by atoms with Crippen molar-refractivity contribution >= 4 is 11.4 Å². The van der Waals surface area contributed by atoms with E-state index < -0.39 is 0 Å². The second-order valence-electron chi connectivity index (χ2n) is 8.71. The number of piperidine rings is 1. The van der Waals surface area contributed by atoms with Crippen LogP contribution in [0.3, 0.4) is 0 Å². The fourth-order valence-corrected chi connectivity index (χ4v) is 4.28. The molecule has 3 heterocycles. The fraction of sp³-hybridized carbons (Fsp3) is 0.458. The van der Waals surface area contributed by atoms with Crippen molar-refractivity contribution in [2.24, 2.45) is 11.8 Å². The van der Waals surface area contributed by atoms with E-state index in [4.69, 9.17) is 0 Å². The van der Waals surface area contributed by atoms with Crippen LogP contribution in [0.2, 0.25) is 0 Å². The van der Waals surface area contributed by atoms with Gasteiger partial charge in [-0.25, -0.2) is 9.48 Å². The number of carbonyl (C=O) groups is 1. The zero-order valence-corrected chi connectivity index (χ0v) is 17.8. The van der Waals surface area contributed by atoms with E-state index in [2.05, 4.69) is 36.0 Å². The quantitative estimate of drug-likeness (QED) is 0.565. The highest BCUT2D eigenvalue weighted by molar-refractivity contribution is 5.97. The molecular weight excluding hydrogens is 376 g/mol. The van der Waals surface area contributed by atoms with Crippen molar-refractivity contribution in [2.75, 3.05) is 19.6 Å². The number of rotatable bonds is 7. The molecule has 0 unspecified atom stereocenters. The van der Waals surface area contributed by atoms with Gasteiger partial charge in [-0.3, -0.25) is 9.20 Å². The van der Waals surface area contributed by atoms with Gasteiger partial charge in [-0.2, -0.15) is 0 Å². The molecule has 1 fully saturated rings. The van der Waals surface area contributed by atoms with E-state index in [9.17, 15) is 9.59 Å². The maximum absolute atomic E-state index is 12.9. The lowest BCUT2D eigenvalue weighted by Gasteiger charge is -2.31. The number of Topliss-reactive ketones (excluding diaryl/α,β-unsaturated/α-hetero) is 1. The molecule has 0 radical (unpaired) electrons. The molecule has 0 spiro atoms. The van der Waals surface area contributed by atoms with Crippen molar-refractivity contribution in [1.82, 2.24) is 19.1 Å². The van der Waals surface area contributed by atoms with Crippen LogP contribution in [0.5, 0.6) is 0 Å². The van der Waals surface area contributed by atoms with Gasteiger partial charge in [0.2, 0.25) is 0 Å². The molecule has 3 aromatic rings. The zero-order valence-electron chi connectivity index (χ0n) is 17.8. The lowest BCUT2D eigenvalue weighted by molar-refractivity contribution is 0.0836. The van der Waals surface area contributed by atoms with Crippen molar-refractivity contribution in [3.05, 3.63) is 70.3 Å². The molecular formula is C24H30N4O2. The number of nitrogens with zero attached hydrogens (tertiary/aromatic N) is 4. The Hall–Kier alpha value is -2.73. The molecule has 2 aromatic heterocycles. The number of benzene rings is 1. The topological polar surface area (TPSA) is 59.6 Å². The maximum atomic E-state index is 12.9. The minimum Gasteiger partial charge on any atom is -0.301 e. The first-order valence-electron chi connectivity index (χ1n) is 10.9. The Morgan fingerprint density at radius 2 is 1.80 bits per heavy atom. The summed E-state index contributed by atoms with van der Waals surface area (Å²) in [7, 11) is 0. The third-order valence-electron chi connectivity index (χ3n) is 5.96. The molecule has 6 heteroatoms. The predicted molar refractivity (Wildman–Crippen MR) is 118 cm³/mol. The van der Waals surface area contributed by atoms with Crippen LogP contribution in [-0.4, -0.2) is 44.5 Å². The SMILES string of the molecule is CC(C)Cc1ccc(C(=O)C2CCN(CCn3nc4ccccn4c3=O)CC2)cc1. The van der Waals surface area contributed by atoms with Crippen LogP contribution in [0.4, 0.5) is 0 Å². The summed E-state index contributed by atoms with van der Waals surface area (Å²) in [6, 6.07) is 13.7. The average molecular weight is 407 g/mol. The van der Waals surface area contributed by atoms with E-state index in [1.54, 1.807) is 10.6 Å². The molecule has 0 aliphatic carbocycles. The van der Waals surface area contributed by atoms with Gasteiger partial charge in [0, 0.05) is 24.2 Å². The first-order valence-corrected chi connectivity index (χ1v) is 10.9. The lowest BCUT2D eigenvalue weighted by Crippen LogP contribution is -2.39. The van der Waals surface area contributed by atoms with Gasteiger partial charge in [-0.05, 0) is 56.0 Å². The average Bonchev–Trinajstić information content (AvgIpc) is 3.08. The largest absolute Gasteiger partial charge is 0.350 e. The van der Waals surface area contributed by atoms with E-state index in [-0.39, 0.29) is 17.4 Å². The maximum Gasteiger partial charge on any atom is 0.350 e. The van der Waals surface area contributed by atoms with Crippen molar-refractivity contribution in [3.8, 4) is 0 Å². The van der Waals surface area contributed by atoms with Gasteiger partial charge < -0.3 is 4.90 Å². The van der Waals surface area contributed by atoms with E-state index in [0.717, 1.165) is 44.5 Å². The van der Waals surface area contributed by atoms with Crippen LogP contribution >= 0.6 is 0 Å². The Morgan fingerprint density at radius 1 is 1.07 bits per heavy atom. The molecule has 4 rings (SSSR count). The number of ketones is 1. The standard InChI is InChI=1S/C24H30N4O2/c1-18(2)17-19-6-8-20(9-7-19)23(29)21-10-13-26(14-11-21)15-16-28-24(30)27-12-4-3-5-22(27)25-28/h3-9,12,18,21H,10-11,13-17H2,1-2H3. The summed E-state index contributed by atoms with van der Waals surface area (Å²) >= 11 is 0. The monoisotopic (exact) mass is 406 g/mol. The highest BCUT2D eigenvalue weighted by atomic mass is 16.2. The molecule has 158 valence electrons. The Morgan fingerprint density at radius 3 is 2.47 bits per heavy atom. The summed E-state index contributed by atoms with van der Waals surface area (Å²) in [5.74, 6) is 0.977. The van der Waals surface area contributed by atoms with Gasteiger partial charge in [0.1, 0.15) is 0 Å². The van der Waals surface area contributed by atoms with E-state index >= 15 is 0 Å². The highest BCUT2D eigenvalue weighted by Gasteiger charge is 2.25. The second-order valence-corrected chi connectivity index (χ2v) is 8.71. The van der Waals surface area contributed by atoms with Gasteiger partial charge in [0.05, 0.1) is 6.54 Å². The summed E-state index contributed by atoms with van der Waals surface area (Å²) in [5.41, 5.74) is 2.69. The normalized spacial score (nSPS) is 15.8. The molecule has 0 bridgehead atoms. The lowest BCUT2D eigenvalue weighted by atomic mass is 9.88. The Balaban J connectivity index is 1.29. The molecule has 0 saturated carbocycles. The summed E-state index contributed by atoms with van der Waals surface area (Å²) < 4.78 is 3.10. The molecule has 6 nitrogen and oxygen atoms in total. The molecule has 1 aromatic carbocycles. The number of carbonyl (C=O) groups excluding carboxylic acids is 1. The van der Waals surface area contributed by atoms with Crippen molar-refractivity contribution in [1.29, 1.82) is 0 Å². The van der Waals surface area contributed by atoms with E-state index in [1.807, 2.05) is 30.3 Å². The van der Waals surface area contributed by atoms with Gasteiger partial charge in [0.25, 0.3) is 0 Å². The molecule has 30 heavy (non-hydrogen) atoms. The summed E-state index contributed by atoms with van der Waals surface area (Å²) in [6.45, 7) is 7.51. The smallest absolute Gasteiger partial charge is 0.301 e. The number of aromatic nitrogens is 3. The van der Waals surface area contributed by atoms with Gasteiger partial charge in [0.15, 0.2) is 11.4 Å². The second kappa shape index (κ2) is 8.96. The van der Waals surface area contributed by atoms with Crippen LogP contribution < -0.4 is 5.69 Å². The molecule has 1 aliphatic rings. The minimum absolute atomic E-state index is 0.0927. The summed E-state index contributed by atoms with van der Waals surface area (Å²) in [4.78, 5) is 27.6. The summed E-state index contributed by atoms with van der Waals surface area (Å²) in [6.07, 6.45) is 4.52. The minimum atomic E-state index is -0.100. The molecule has 1 saturated heterocycles. The molecule has 1 aliphatic heterocycles. The van der Waals surface area contributed by atoms with Crippen molar-refractivity contribution in [2.45, 2.75) is 39.7 Å². The first-order chi connectivity index (χ1) is 14.5. The van der Waals surface area contributed by atoms with Crippen LogP contribution in [0.15, 0.2) is 53.5 Å².